The minimum absolute atomic E-state index is 0.251. The molecule has 0 unspecified atom stereocenters. The van der Waals surface area contributed by atoms with Gasteiger partial charge < -0.3 is 5.11 Å². The molecule has 0 spiro atoms. The molecule has 1 rings (SSSR count). The first-order valence-corrected chi connectivity index (χ1v) is 4.67. The molecule has 0 atom stereocenters. The highest BCUT2D eigenvalue weighted by atomic mass is 32.2. The van der Waals surface area contributed by atoms with Crippen molar-refractivity contribution < 1.29 is 9.90 Å². The average molecular weight is 205 g/mol. The van der Waals surface area contributed by atoms with Crippen LogP contribution in [0.15, 0.2) is 46.2 Å². The third kappa shape index (κ3) is 2.96. The number of hydrogen-bond acceptors (Lipinski definition) is 3. The molecule has 0 bridgehead atoms. The Labute approximate surface area is 85.7 Å². The Bertz CT molecular complexity index is 392. The summed E-state index contributed by atoms with van der Waals surface area (Å²) in [6.45, 7) is 0. The van der Waals surface area contributed by atoms with Crippen LogP contribution in [0.25, 0.3) is 0 Å². The first-order chi connectivity index (χ1) is 6.74. The molecule has 0 aliphatic heterocycles. The summed E-state index contributed by atoms with van der Waals surface area (Å²) in [5, 5.41) is 18.3. The Kier molecular flexibility index (Phi) is 3.77. The summed E-state index contributed by atoms with van der Waals surface area (Å²) in [5.41, 5.74) is -0.251. The quantitative estimate of drug-likeness (QED) is 0.467. The lowest BCUT2D eigenvalue weighted by atomic mass is 10.3. The van der Waals surface area contributed by atoms with Gasteiger partial charge >= 0.3 is 5.97 Å². The lowest BCUT2D eigenvalue weighted by Crippen LogP contribution is -1.96. The molecule has 70 valence electrons. The van der Waals surface area contributed by atoms with Gasteiger partial charge in [0.2, 0.25) is 0 Å². The van der Waals surface area contributed by atoms with Crippen molar-refractivity contribution in [2.24, 2.45) is 0 Å². The van der Waals surface area contributed by atoms with Gasteiger partial charge in [0.1, 0.15) is 11.6 Å². The Morgan fingerprint density at radius 2 is 2.07 bits per heavy atom. The molecule has 3 nitrogen and oxygen atoms in total. The molecular formula is C10H7NO2S. The largest absolute Gasteiger partial charge is 0.477 e. The maximum absolute atomic E-state index is 10.4. The van der Waals surface area contributed by atoms with Gasteiger partial charge in [-0.15, -0.1) is 0 Å². The van der Waals surface area contributed by atoms with Crippen molar-refractivity contribution in [1.29, 1.82) is 5.26 Å². The van der Waals surface area contributed by atoms with Crippen molar-refractivity contribution in [1.82, 2.24) is 0 Å². The van der Waals surface area contributed by atoms with E-state index in [0.29, 0.717) is 0 Å². The molecule has 14 heavy (non-hydrogen) atoms. The van der Waals surface area contributed by atoms with E-state index >= 15 is 0 Å². The third-order valence-corrected chi connectivity index (χ3v) is 2.30. The number of benzene rings is 1. The van der Waals surface area contributed by atoms with Gasteiger partial charge in [-0.3, -0.25) is 0 Å². The summed E-state index contributed by atoms with van der Waals surface area (Å²) in [4.78, 5) is 11.4. The van der Waals surface area contributed by atoms with Gasteiger partial charge in [0, 0.05) is 10.3 Å². The summed E-state index contributed by atoms with van der Waals surface area (Å²) >= 11 is 1.22. The van der Waals surface area contributed by atoms with Crippen LogP contribution in [0.2, 0.25) is 0 Å². The van der Waals surface area contributed by atoms with Gasteiger partial charge in [0.15, 0.2) is 0 Å². The van der Waals surface area contributed by atoms with E-state index in [4.69, 9.17) is 10.4 Å². The molecule has 1 N–H and O–H groups in total. The predicted octanol–water partition coefficient (Wildman–Crippen LogP) is 2.27. The highest BCUT2D eigenvalue weighted by Gasteiger charge is 2.04. The number of carboxylic acids is 1. The van der Waals surface area contributed by atoms with E-state index in [-0.39, 0.29) is 5.57 Å². The highest BCUT2D eigenvalue weighted by Crippen LogP contribution is 2.19. The molecule has 1 aromatic carbocycles. The molecule has 0 heterocycles. The first-order valence-electron chi connectivity index (χ1n) is 3.79. The van der Waals surface area contributed by atoms with E-state index < -0.39 is 5.97 Å². The number of thioether (sulfide) groups is 1. The number of carboxylic acid groups (broad SMARTS) is 1. The van der Waals surface area contributed by atoms with E-state index in [9.17, 15) is 4.79 Å². The molecule has 0 amide bonds. The molecule has 0 fully saturated rings. The number of nitriles is 1. The fraction of sp³-hybridized carbons (Fsp3) is 0. The van der Waals surface area contributed by atoms with Crippen LogP contribution >= 0.6 is 11.8 Å². The van der Waals surface area contributed by atoms with Gasteiger partial charge in [0.25, 0.3) is 0 Å². The van der Waals surface area contributed by atoms with Crippen molar-refractivity contribution in [3.05, 3.63) is 41.3 Å². The van der Waals surface area contributed by atoms with Crippen molar-refractivity contribution >= 4 is 17.7 Å². The number of hydrogen-bond donors (Lipinski definition) is 1. The van der Waals surface area contributed by atoms with Crippen molar-refractivity contribution in [3.8, 4) is 6.07 Å². The summed E-state index contributed by atoms with van der Waals surface area (Å²) in [6.07, 6.45) is 0. The Morgan fingerprint density at radius 3 is 2.57 bits per heavy atom. The van der Waals surface area contributed by atoms with Gasteiger partial charge in [-0.1, -0.05) is 30.0 Å². The van der Waals surface area contributed by atoms with E-state index in [0.717, 1.165) is 4.90 Å². The monoisotopic (exact) mass is 205 g/mol. The minimum atomic E-state index is -1.20. The first kappa shape index (κ1) is 10.4. The topological polar surface area (TPSA) is 61.1 Å². The van der Waals surface area contributed by atoms with Crippen molar-refractivity contribution in [2.75, 3.05) is 0 Å². The number of aliphatic carboxylic acids is 1. The molecule has 0 aromatic heterocycles. The van der Waals surface area contributed by atoms with Crippen LogP contribution in [0.5, 0.6) is 0 Å². The molecule has 0 saturated carbocycles. The fourth-order valence-electron chi connectivity index (χ4n) is 0.751. The number of carbonyl (C=O) groups is 1. The predicted molar refractivity (Wildman–Crippen MR) is 53.6 cm³/mol. The van der Waals surface area contributed by atoms with Crippen LogP contribution < -0.4 is 0 Å². The maximum Gasteiger partial charge on any atom is 0.346 e. The van der Waals surface area contributed by atoms with Gasteiger partial charge in [-0.2, -0.15) is 5.26 Å². The van der Waals surface area contributed by atoms with Gasteiger partial charge in [0.05, 0.1) is 0 Å². The Balaban J connectivity index is 2.73. The summed E-state index contributed by atoms with van der Waals surface area (Å²) < 4.78 is 0. The van der Waals surface area contributed by atoms with E-state index in [1.807, 2.05) is 30.3 Å². The zero-order valence-corrected chi connectivity index (χ0v) is 7.99. The maximum atomic E-state index is 10.4. The number of nitrogens with zero attached hydrogens (tertiary/aromatic N) is 1. The summed E-state index contributed by atoms with van der Waals surface area (Å²) in [7, 11) is 0. The van der Waals surface area contributed by atoms with Crippen LogP contribution in [0.3, 0.4) is 0 Å². The lowest BCUT2D eigenvalue weighted by Gasteiger charge is -1.94. The van der Waals surface area contributed by atoms with Crippen LogP contribution in [-0.2, 0) is 4.79 Å². The minimum Gasteiger partial charge on any atom is -0.477 e. The Hall–Kier alpha value is -1.73. The molecule has 4 heteroatoms. The Morgan fingerprint density at radius 1 is 1.43 bits per heavy atom. The second-order valence-corrected chi connectivity index (χ2v) is 3.32. The van der Waals surface area contributed by atoms with Crippen molar-refractivity contribution in [2.45, 2.75) is 4.90 Å². The molecule has 0 aliphatic carbocycles. The third-order valence-electron chi connectivity index (χ3n) is 1.41. The van der Waals surface area contributed by atoms with E-state index in [2.05, 4.69) is 0 Å². The lowest BCUT2D eigenvalue weighted by molar-refractivity contribution is -0.132. The number of rotatable bonds is 3. The molecule has 1 aromatic rings. The van der Waals surface area contributed by atoms with Gasteiger partial charge in [-0.05, 0) is 12.1 Å². The smallest absolute Gasteiger partial charge is 0.346 e. The molecule has 0 saturated heterocycles. The standard InChI is InChI=1S/C10H7NO2S/c11-6-8(10(12)13)7-14-9-4-2-1-3-5-9/h1-5,7H,(H,12,13). The van der Waals surface area contributed by atoms with Gasteiger partial charge in [-0.25, -0.2) is 4.79 Å². The van der Waals surface area contributed by atoms with Crippen LogP contribution in [0, 0.1) is 11.3 Å². The van der Waals surface area contributed by atoms with E-state index in [1.54, 1.807) is 6.07 Å². The highest BCUT2D eigenvalue weighted by molar-refractivity contribution is 8.02. The fourth-order valence-corrected chi connectivity index (χ4v) is 1.47. The van der Waals surface area contributed by atoms with Crippen LogP contribution in [0.1, 0.15) is 0 Å². The zero-order chi connectivity index (χ0) is 10.4. The second-order valence-electron chi connectivity index (χ2n) is 2.38. The SMILES string of the molecule is N#CC(=CSc1ccccc1)C(=O)O. The van der Waals surface area contributed by atoms with Crippen LogP contribution in [-0.4, -0.2) is 11.1 Å². The second kappa shape index (κ2) is 5.10. The van der Waals surface area contributed by atoms with Crippen molar-refractivity contribution in [3.63, 3.8) is 0 Å². The normalized spacial score (nSPS) is 10.6. The summed E-state index contributed by atoms with van der Waals surface area (Å²) in [6, 6.07) is 10.9. The van der Waals surface area contributed by atoms with Crippen LogP contribution in [0.4, 0.5) is 0 Å². The average Bonchev–Trinajstić information content (AvgIpc) is 2.20. The molecule has 0 radical (unpaired) electrons. The zero-order valence-electron chi connectivity index (χ0n) is 7.18. The summed E-state index contributed by atoms with van der Waals surface area (Å²) in [5.74, 6) is -1.20. The molecule has 0 aliphatic rings. The molecular weight excluding hydrogens is 198 g/mol. The van der Waals surface area contributed by atoms with E-state index in [1.165, 1.54) is 17.2 Å².